The molecule has 132 valence electrons. The molecule has 0 radical (unpaired) electrons. The Labute approximate surface area is 157 Å². The van der Waals surface area contributed by atoms with Gasteiger partial charge in [-0.3, -0.25) is 4.79 Å². The summed E-state index contributed by atoms with van der Waals surface area (Å²) in [6, 6.07) is 15.5. The van der Waals surface area contributed by atoms with E-state index in [-0.39, 0.29) is 5.91 Å². The van der Waals surface area contributed by atoms with Gasteiger partial charge in [-0.05, 0) is 24.7 Å². The lowest BCUT2D eigenvalue weighted by atomic mass is 10.1. The van der Waals surface area contributed by atoms with Crippen molar-refractivity contribution in [1.82, 2.24) is 9.80 Å². The number of carbonyl (C=O) groups is 1. The molecule has 2 aromatic carbocycles. The summed E-state index contributed by atoms with van der Waals surface area (Å²) in [5.41, 5.74) is 1.70. The molecule has 0 spiro atoms. The fraction of sp³-hybridized carbons (Fsp3) is 0.350. The van der Waals surface area contributed by atoms with Crippen LogP contribution in [0.5, 0.6) is 5.75 Å². The molecular formula is C20H23BrN2O2. The molecule has 3 rings (SSSR count). The fourth-order valence-electron chi connectivity index (χ4n) is 2.98. The van der Waals surface area contributed by atoms with E-state index in [0.717, 1.165) is 42.8 Å². The van der Waals surface area contributed by atoms with Crippen LogP contribution in [0.3, 0.4) is 0 Å². The van der Waals surface area contributed by atoms with Crippen molar-refractivity contribution in [3.05, 3.63) is 64.1 Å². The predicted molar refractivity (Wildman–Crippen MR) is 103 cm³/mol. The maximum absolute atomic E-state index is 12.9. The minimum atomic E-state index is 0.0541. The number of hydrogen-bond acceptors (Lipinski definition) is 3. The summed E-state index contributed by atoms with van der Waals surface area (Å²) in [6.45, 7) is 7.02. The first kappa shape index (κ1) is 18.0. The summed E-state index contributed by atoms with van der Waals surface area (Å²) in [6.07, 6.45) is 0. The summed E-state index contributed by atoms with van der Waals surface area (Å²) in [5, 5.41) is 0. The average Bonchev–Trinajstić information content (AvgIpc) is 2.67. The first-order valence-corrected chi connectivity index (χ1v) is 9.45. The molecule has 1 amide bonds. The highest BCUT2D eigenvalue weighted by atomic mass is 79.9. The molecule has 1 heterocycles. The largest absolute Gasteiger partial charge is 0.488 e. The molecule has 0 N–H and O–H groups in total. The number of amides is 1. The van der Waals surface area contributed by atoms with E-state index in [1.807, 2.05) is 53.4 Å². The molecule has 0 aliphatic carbocycles. The number of rotatable bonds is 5. The van der Waals surface area contributed by atoms with Crippen LogP contribution >= 0.6 is 15.9 Å². The summed E-state index contributed by atoms with van der Waals surface area (Å²) in [4.78, 5) is 17.2. The highest BCUT2D eigenvalue weighted by molar-refractivity contribution is 9.10. The van der Waals surface area contributed by atoms with E-state index in [0.29, 0.717) is 17.9 Å². The highest BCUT2D eigenvalue weighted by Gasteiger charge is 2.23. The van der Waals surface area contributed by atoms with Gasteiger partial charge in [0, 0.05) is 36.2 Å². The number of likely N-dealkylation sites (N-methyl/N-ethyl adjacent to an activating group) is 1. The Morgan fingerprint density at radius 1 is 1.04 bits per heavy atom. The molecule has 4 nitrogen and oxygen atoms in total. The second-order valence-corrected chi connectivity index (χ2v) is 6.96. The quantitative estimate of drug-likeness (QED) is 0.762. The average molecular weight is 403 g/mol. The van der Waals surface area contributed by atoms with Crippen molar-refractivity contribution in [2.75, 3.05) is 32.7 Å². The number of hydrogen-bond donors (Lipinski definition) is 0. The van der Waals surface area contributed by atoms with Crippen molar-refractivity contribution in [3.8, 4) is 5.75 Å². The topological polar surface area (TPSA) is 32.8 Å². The van der Waals surface area contributed by atoms with Gasteiger partial charge in [-0.2, -0.15) is 0 Å². The van der Waals surface area contributed by atoms with E-state index in [2.05, 4.69) is 27.8 Å². The monoisotopic (exact) mass is 402 g/mol. The predicted octanol–water partition coefficient (Wildman–Crippen LogP) is 3.81. The first-order chi connectivity index (χ1) is 12.2. The van der Waals surface area contributed by atoms with Crippen LogP contribution in [0.4, 0.5) is 0 Å². The zero-order valence-corrected chi connectivity index (χ0v) is 16.0. The lowest BCUT2D eigenvalue weighted by Gasteiger charge is -2.34. The van der Waals surface area contributed by atoms with Crippen molar-refractivity contribution in [1.29, 1.82) is 0 Å². The van der Waals surface area contributed by atoms with Gasteiger partial charge in [-0.25, -0.2) is 0 Å². The van der Waals surface area contributed by atoms with E-state index in [1.165, 1.54) is 0 Å². The Morgan fingerprint density at radius 2 is 1.72 bits per heavy atom. The molecule has 0 unspecified atom stereocenters. The number of benzene rings is 2. The minimum absolute atomic E-state index is 0.0541. The zero-order valence-electron chi connectivity index (χ0n) is 14.5. The van der Waals surface area contributed by atoms with Gasteiger partial charge in [0.2, 0.25) is 0 Å². The van der Waals surface area contributed by atoms with Crippen molar-refractivity contribution in [3.63, 3.8) is 0 Å². The van der Waals surface area contributed by atoms with Gasteiger partial charge in [0.1, 0.15) is 12.4 Å². The molecule has 5 heteroatoms. The molecular weight excluding hydrogens is 380 g/mol. The van der Waals surface area contributed by atoms with E-state index in [9.17, 15) is 4.79 Å². The third-order valence-electron chi connectivity index (χ3n) is 4.57. The van der Waals surface area contributed by atoms with E-state index in [4.69, 9.17) is 4.74 Å². The third kappa shape index (κ3) is 4.41. The van der Waals surface area contributed by atoms with Gasteiger partial charge in [-0.15, -0.1) is 0 Å². The highest BCUT2D eigenvalue weighted by Crippen LogP contribution is 2.24. The molecule has 1 fully saturated rings. The lowest BCUT2D eigenvalue weighted by Crippen LogP contribution is -2.48. The molecule has 1 aliphatic heterocycles. The molecule has 0 atom stereocenters. The van der Waals surface area contributed by atoms with Gasteiger partial charge in [0.15, 0.2) is 0 Å². The Bertz CT molecular complexity index is 727. The standard InChI is InChI=1S/C20H23BrN2O2/c1-2-22-11-13-23(14-12-22)20(24)17-8-4-6-10-19(17)25-15-16-7-3-5-9-18(16)21/h3-10H,2,11-15H2,1H3. The minimum Gasteiger partial charge on any atom is -0.488 e. The first-order valence-electron chi connectivity index (χ1n) is 8.66. The summed E-state index contributed by atoms with van der Waals surface area (Å²) >= 11 is 3.53. The second-order valence-electron chi connectivity index (χ2n) is 6.10. The van der Waals surface area contributed by atoms with Gasteiger partial charge >= 0.3 is 0 Å². The Hall–Kier alpha value is -1.85. The summed E-state index contributed by atoms with van der Waals surface area (Å²) in [7, 11) is 0. The molecule has 1 aliphatic rings. The summed E-state index contributed by atoms with van der Waals surface area (Å²) < 4.78 is 6.98. The second kappa shape index (κ2) is 8.50. The van der Waals surface area contributed by atoms with Crippen LogP contribution in [0.15, 0.2) is 53.0 Å². The van der Waals surface area contributed by atoms with Crippen molar-refractivity contribution in [2.24, 2.45) is 0 Å². The number of para-hydroxylation sites is 1. The van der Waals surface area contributed by atoms with Crippen LogP contribution in [0, 0.1) is 0 Å². The Balaban J connectivity index is 1.70. The molecule has 1 saturated heterocycles. The lowest BCUT2D eigenvalue weighted by molar-refractivity contribution is 0.0639. The number of nitrogens with zero attached hydrogens (tertiary/aromatic N) is 2. The maximum atomic E-state index is 12.9. The molecule has 2 aromatic rings. The van der Waals surface area contributed by atoms with Crippen LogP contribution in [0.1, 0.15) is 22.8 Å². The van der Waals surface area contributed by atoms with Crippen LogP contribution in [0.25, 0.3) is 0 Å². The third-order valence-corrected chi connectivity index (χ3v) is 5.34. The summed E-state index contributed by atoms with van der Waals surface area (Å²) in [5.74, 6) is 0.694. The van der Waals surface area contributed by atoms with Gasteiger partial charge < -0.3 is 14.5 Å². The van der Waals surface area contributed by atoms with Crippen LogP contribution in [-0.2, 0) is 6.61 Å². The van der Waals surface area contributed by atoms with Crippen LogP contribution in [0.2, 0.25) is 0 Å². The Morgan fingerprint density at radius 3 is 2.44 bits per heavy atom. The van der Waals surface area contributed by atoms with Crippen LogP contribution in [-0.4, -0.2) is 48.4 Å². The normalized spacial score (nSPS) is 15.2. The van der Waals surface area contributed by atoms with E-state index >= 15 is 0 Å². The van der Waals surface area contributed by atoms with Crippen molar-refractivity contribution in [2.45, 2.75) is 13.5 Å². The smallest absolute Gasteiger partial charge is 0.257 e. The zero-order chi connectivity index (χ0) is 17.6. The Kier molecular flexibility index (Phi) is 6.10. The SMILES string of the molecule is CCN1CCN(C(=O)c2ccccc2OCc2ccccc2Br)CC1. The molecule has 0 bridgehead atoms. The number of carbonyl (C=O) groups excluding carboxylic acids is 1. The van der Waals surface area contributed by atoms with E-state index < -0.39 is 0 Å². The van der Waals surface area contributed by atoms with Crippen LogP contribution < -0.4 is 4.74 Å². The van der Waals surface area contributed by atoms with E-state index in [1.54, 1.807) is 0 Å². The number of ether oxygens (including phenoxy) is 1. The molecule has 25 heavy (non-hydrogen) atoms. The maximum Gasteiger partial charge on any atom is 0.257 e. The van der Waals surface area contributed by atoms with Crippen molar-refractivity contribution < 1.29 is 9.53 Å². The number of piperazine rings is 1. The number of halogens is 1. The van der Waals surface area contributed by atoms with Gasteiger partial charge in [0.05, 0.1) is 5.56 Å². The fourth-order valence-corrected chi connectivity index (χ4v) is 3.38. The van der Waals surface area contributed by atoms with Gasteiger partial charge in [0.25, 0.3) is 5.91 Å². The van der Waals surface area contributed by atoms with Crippen molar-refractivity contribution >= 4 is 21.8 Å². The van der Waals surface area contributed by atoms with Gasteiger partial charge in [-0.1, -0.05) is 53.2 Å². The molecule has 0 saturated carbocycles. The molecule has 0 aromatic heterocycles.